The zero-order valence-corrected chi connectivity index (χ0v) is 17.0. The molecular weight excluding hydrogens is 418 g/mol. The Kier molecular flexibility index (Phi) is 6.86. The van der Waals surface area contributed by atoms with E-state index in [1.165, 1.54) is 16.4 Å². The summed E-state index contributed by atoms with van der Waals surface area (Å²) in [7, 11) is -3.66. The Morgan fingerprint density at radius 3 is 2.45 bits per heavy atom. The SMILES string of the molecule is O=C(CNC(=O)c1ccc(Cl)cc1)Nc1cccc(S(=O)(=O)N2CCOCC2)c1. The van der Waals surface area contributed by atoms with Crippen LogP contribution < -0.4 is 10.6 Å². The minimum atomic E-state index is -3.66. The molecular formula is C19H20ClN3O5S. The minimum Gasteiger partial charge on any atom is -0.379 e. The van der Waals surface area contributed by atoms with Crippen molar-refractivity contribution in [1.82, 2.24) is 9.62 Å². The zero-order chi connectivity index (χ0) is 20.9. The van der Waals surface area contributed by atoms with Gasteiger partial charge in [0, 0.05) is 29.4 Å². The molecule has 29 heavy (non-hydrogen) atoms. The second-order valence-corrected chi connectivity index (χ2v) is 8.66. The number of morpholine rings is 1. The summed E-state index contributed by atoms with van der Waals surface area (Å²) in [5.74, 6) is -0.895. The highest BCUT2D eigenvalue weighted by Gasteiger charge is 2.26. The third-order valence-electron chi connectivity index (χ3n) is 4.24. The van der Waals surface area contributed by atoms with Gasteiger partial charge in [0.2, 0.25) is 15.9 Å². The van der Waals surface area contributed by atoms with E-state index in [9.17, 15) is 18.0 Å². The van der Waals surface area contributed by atoms with E-state index < -0.39 is 21.8 Å². The summed E-state index contributed by atoms with van der Waals surface area (Å²) >= 11 is 5.78. The minimum absolute atomic E-state index is 0.0856. The Balaban J connectivity index is 1.60. The third kappa shape index (κ3) is 5.54. The average Bonchev–Trinajstić information content (AvgIpc) is 2.73. The van der Waals surface area contributed by atoms with Gasteiger partial charge in [-0.05, 0) is 42.5 Å². The Morgan fingerprint density at radius 1 is 1.07 bits per heavy atom. The first-order chi connectivity index (χ1) is 13.9. The van der Waals surface area contributed by atoms with Crippen molar-refractivity contribution in [2.45, 2.75) is 4.90 Å². The maximum Gasteiger partial charge on any atom is 0.251 e. The van der Waals surface area contributed by atoms with E-state index in [1.54, 1.807) is 36.4 Å². The number of ether oxygens (including phenoxy) is 1. The summed E-state index contributed by atoms with van der Waals surface area (Å²) < 4.78 is 32.0. The normalized spacial score (nSPS) is 14.9. The maximum absolute atomic E-state index is 12.7. The number of nitrogens with zero attached hydrogens (tertiary/aromatic N) is 1. The van der Waals surface area contributed by atoms with E-state index in [2.05, 4.69) is 10.6 Å². The molecule has 2 aromatic rings. The number of carbonyl (C=O) groups is 2. The van der Waals surface area contributed by atoms with Crippen LogP contribution in [0.3, 0.4) is 0 Å². The van der Waals surface area contributed by atoms with Crippen molar-refractivity contribution in [2.75, 3.05) is 38.2 Å². The molecule has 10 heteroatoms. The van der Waals surface area contributed by atoms with E-state index in [0.29, 0.717) is 29.5 Å². The lowest BCUT2D eigenvalue weighted by atomic mass is 10.2. The van der Waals surface area contributed by atoms with Crippen LogP contribution in [0.4, 0.5) is 5.69 Å². The second-order valence-electron chi connectivity index (χ2n) is 6.28. The third-order valence-corrected chi connectivity index (χ3v) is 6.39. The fraction of sp³-hybridized carbons (Fsp3) is 0.263. The number of hydrogen-bond donors (Lipinski definition) is 2. The Labute approximate surface area is 173 Å². The van der Waals surface area contributed by atoms with Gasteiger partial charge >= 0.3 is 0 Å². The lowest BCUT2D eigenvalue weighted by molar-refractivity contribution is -0.115. The summed E-state index contributed by atoms with van der Waals surface area (Å²) in [5, 5.41) is 5.60. The highest BCUT2D eigenvalue weighted by molar-refractivity contribution is 7.89. The van der Waals surface area contributed by atoms with Gasteiger partial charge in [-0.15, -0.1) is 0 Å². The van der Waals surface area contributed by atoms with E-state index in [0.717, 1.165) is 0 Å². The van der Waals surface area contributed by atoms with E-state index in [4.69, 9.17) is 16.3 Å². The van der Waals surface area contributed by atoms with Gasteiger partial charge in [-0.2, -0.15) is 4.31 Å². The summed E-state index contributed by atoms with van der Waals surface area (Å²) in [6.07, 6.45) is 0. The van der Waals surface area contributed by atoms with Gasteiger partial charge < -0.3 is 15.4 Å². The highest BCUT2D eigenvalue weighted by Crippen LogP contribution is 2.20. The lowest BCUT2D eigenvalue weighted by Crippen LogP contribution is -2.40. The van der Waals surface area contributed by atoms with E-state index in [-0.39, 0.29) is 24.5 Å². The van der Waals surface area contributed by atoms with Crippen molar-refractivity contribution in [3.05, 3.63) is 59.1 Å². The molecule has 1 aliphatic heterocycles. The molecule has 154 valence electrons. The quantitative estimate of drug-likeness (QED) is 0.716. The number of anilines is 1. The topological polar surface area (TPSA) is 105 Å². The van der Waals surface area contributed by atoms with Crippen molar-refractivity contribution >= 4 is 39.1 Å². The van der Waals surface area contributed by atoms with Gasteiger partial charge in [0.05, 0.1) is 24.7 Å². The number of halogens is 1. The smallest absolute Gasteiger partial charge is 0.251 e. The van der Waals surface area contributed by atoms with Crippen LogP contribution in [-0.2, 0) is 19.6 Å². The second kappa shape index (κ2) is 9.36. The summed E-state index contributed by atoms with van der Waals surface area (Å²) in [4.78, 5) is 24.3. The molecule has 0 saturated carbocycles. The highest BCUT2D eigenvalue weighted by atomic mass is 35.5. The molecule has 0 aromatic heterocycles. The van der Waals surface area contributed by atoms with Crippen LogP contribution >= 0.6 is 11.6 Å². The van der Waals surface area contributed by atoms with E-state index in [1.807, 2.05) is 0 Å². The molecule has 1 fully saturated rings. The van der Waals surface area contributed by atoms with E-state index >= 15 is 0 Å². The lowest BCUT2D eigenvalue weighted by Gasteiger charge is -2.26. The molecule has 0 radical (unpaired) electrons. The molecule has 2 N–H and O–H groups in total. The number of amides is 2. The first-order valence-corrected chi connectivity index (χ1v) is 10.7. The van der Waals surface area contributed by atoms with Crippen molar-refractivity contribution in [3.63, 3.8) is 0 Å². The number of sulfonamides is 1. The number of hydrogen-bond acceptors (Lipinski definition) is 5. The van der Waals surface area contributed by atoms with Crippen LogP contribution in [0, 0.1) is 0 Å². The first kappa shape index (κ1) is 21.3. The molecule has 1 heterocycles. The van der Waals surface area contributed by atoms with Crippen molar-refractivity contribution in [2.24, 2.45) is 0 Å². The van der Waals surface area contributed by atoms with Crippen LogP contribution in [0.15, 0.2) is 53.4 Å². The first-order valence-electron chi connectivity index (χ1n) is 8.88. The fourth-order valence-corrected chi connectivity index (χ4v) is 4.32. The number of carbonyl (C=O) groups excluding carboxylic acids is 2. The van der Waals surface area contributed by atoms with Crippen LogP contribution in [0.25, 0.3) is 0 Å². The molecule has 0 atom stereocenters. The molecule has 3 rings (SSSR count). The van der Waals surface area contributed by atoms with Crippen LogP contribution in [-0.4, -0.2) is 57.4 Å². The molecule has 0 spiro atoms. The fourth-order valence-electron chi connectivity index (χ4n) is 2.74. The molecule has 0 bridgehead atoms. The van der Waals surface area contributed by atoms with Crippen LogP contribution in [0.2, 0.25) is 5.02 Å². The van der Waals surface area contributed by atoms with Crippen molar-refractivity contribution in [3.8, 4) is 0 Å². The molecule has 1 aliphatic rings. The summed E-state index contributed by atoms with van der Waals surface area (Å²) in [6, 6.07) is 12.3. The average molecular weight is 438 g/mol. The molecule has 1 saturated heterocycles. The number of rotatable bonds is 6. The summed E-state index contributed by atoms with van der Waals surface area (Å²) in [6.45, 7) is 1.01. The predicted molar refractivity (Wildman–Crippen MR) is 108 cm³/mol. The van der Waals surface area contributed by atoms with Crippen LogP contribution in [0.1, 0.15) is 10.4 Å². The largest absolute Gasteiger partial charge is 0.379 e. The van der Waals surface area contributed by atoms with Gasteiger partial charge in [0.25, 0.3) is 5.91 Å². The zero-order valence-electron chi connectivity index (χ0n) is 15.4. The van der Waals surface area contributed by atoms with Gasteiger partial charge in [-0.25, -0.2) is 8.42 Å². The Morgan fingerprint density at radius 2 is 1.76 bits per heavy atom. The van der Waals surface area contributed by atoms with Gasteiger partial charge in [0.15, 0.2) is 0 Å². The van der Waals surface area contributed by atoms with Gasteiger partial charge in [-0.3, -0.25) is 9.59 Å². The Hall–Kier alpha value is -2.46. The molecule has 0 aliphatic carbocycles. The molecule has 8 nitrogen and oxygen atoms in total. The maximum atomic E-state index is 12.7. The monoisotopic (exact) mass is 437 g/mol. The molecule has 0 unspecified atom stereocenters. The molecule has 2 amide bonds. The summed E-state index contributed by atoms with van der Waals surface area (Å²) in [5.41, 5.74) is 0.700. The predicted octanol–water partition coefficient (Wildman–Crippen LogP) is 1.73. The van der Waals surface area contributed by atoms with Gasteiger partial charge in [-0.1, -0.05) is 17.7 Å². The van der Waals surface area contributed by atoms with Crippen LogP contribution in [0.5, 0.6) is 0 Å². The van der Waals surface area contributed by atoms with Crippen molar-refractivity contribution in [1.29, 1.82) is 0 Å². The Bertz CT molecular complexity index is 989. The van der Waals surface area contributed by atoms with Gasteiger partial charge in [0.1, 0.15) is 0 Å². The number of benzene rings is 2. The van der Waals surface area contributed by atoms with Crippen molar-refractivity contribution < 1.29 is 22.7 Å². The standard InChI is InChI=1S/C19H20ClN3O5S/c20-15-6-4-14(5-7-15)19(25)21-13-18(24)22-16-2-1-3-17(12-16)29(26,27)23-8-10-28-11-9-23/h1-7,12H,8-11,13H2,(H,21,25)(H,22,24). The molecule has 2 aromatic carbocycles. The number of nitrogens with one attached hydrogen (secondary N) is 2.